The topological polar surface area (TPSA) is 45.1 Å². The van der Waals surface area contributed by atoms with Gasteiger partial charge in [-0.3, -0.25) is 4.99 Å². The maximum absolute atomic E-state index is 13.8. The highest BCUT2D eigenvalue weighted by atomic mass is 19.4. The Morgan fingerprint density at radius 2 is 1.65 bits per heavy atom. The number of para-hydroxylation sites is 2. The lowest BCUT2D eigenvalue weighted by atomic mass is 9.74. The Kier molecular flexibility index (Phi) is 7.59. The molecule has 40 heavy (non-hydrogen) atoms. The molecule has 2 aromatic rings. The molecule has 0 aliphatic carbocycles. The number of carbonyl (C=O) groups is 1. The van der Waals surface area contributed by atoms with Crippen LogP contribution in [0.15, 0.2) is 64.8 Å². The van der Waals surface area contributed by atoms with Crippen LogP contribution in [0.1, 0.15) is 58.1 Å². The molecular weight excluding hydrogens is 515 g/mol. The van der Waals surface area contributed by atoms with Crippen molar-refractivity contribution in [1.82, 2.24) is 4.90 Å². The fraction of sp³-hybridized carbons (Fsp3) is 0.500. The van der Waals surface area contributed by atoms with Crippen LogP contribution < -0.4 is 4.90 Å². The maximum Gasteiger partial charge on any atom is 0.433 e. The van der Waals surface area contributed by atoms with E-state index in [1.54, 1.807) is 6.92 Å². The molecule has 0 saturated carbocycles. The van der Waals surface area contributed by atoms with Crippen molar-refractivity contribution in [2.75, 3.05) is 37.7 Å². The van der Waals surface area contributed by atoms with E-state index >= 15 is 0 Å². The monoisotopic (exact) mass is 553 g/mol. The number of fused-ring (bicyclic) bond motifs is 2. The minimum absolute atomic E-state index is 0.00964. The standard InChI is InChI=1S/C32H38F3N3O2/c1-5-40-29(39)24-19-23(36-28(24)32(33,34)35)18-22-10-6-8-12-26(22)38-21-31(25-11-7-9-13-27(25)38)14-16-37(17-15-31)20-30(2,3)4/h6-13H,5,14-21H2,1-4H3. The molecule has 8 heteroatoms. The predicted molar refractivity (Wildman–Crippen MR) is 152 cm³/mol. The van der Waals surface area contributed by atoms with Crippen LogP contribution in [0.5, 0.6) is 0 Å². The largest absolute Gasteiger partial charge is 0.463 e. The van der Waals surface area contributed by atoms with Gasteiger partial charge in [-0.2, -0.15) is 13.2 Å². The van der Waals surface area contributed by atoms with Gasteiger partial charge in [0.25, 0.3) is 0 Å². The molecule has 0 unspecified atom stereocenters. The third kappa shape index (κ3) is 5.69. The second-order valence-corrected chi connectivity index (χ2v) is 12.4. The van der Waals surface area contributed by atoms with E-state index in [1.807, 2.05) is 24.3 Å². The third-order valence-electron chi connectivity index (χ3n) is 8.14. The molecule has 5 nitrogen and oxygen atoms in total. The van der Waals surface area contributed by atoms with E-state index in [0.717, 1.165) is 56.0 Å². The van der Waals surface area contributed by atoms with Gasteiger partial charge in [0.05, 0.1) is 12.2 Å². The van der Waals surface area contributed by atoms with Gasteiger partial charge in [0.2, 0.25) is 0 Å². The molecule has 3 aliphatic rings. The number of likely N-dealkylation sites (tertiary alicyclic amines) is 1. The first-order valence-corrected chi connectivity index (χ1v) is 14.1. The summed E-state index contributed by atoms with van der Waals surface area (Å²) in [7, 11) is 0. The van der Waals surface area contributed by atoms with Gasteiger partial charge in [-0.05, 0) is 61.5 Å². The van der Waals surface area contributed by atoms with Gasteiger partial charge in [0, 0.05) is 48.4 Å². The lowest BCUT2D eigenvalue weighted by molar-refractivity contribution is -0.139. The number of hydrogen-bond acceptors (Lipinski definition) is 5. The molecule has 0 radical (unpaired) electrons. The number of anilines is 2. The van der Waals surface area contributed by atoms with Gasteiger partial charge in [-0.1, -0.05) is 57.2 Å². The fourth-order valence-corrected chi connectivity index (χ4v) is 6.50. The zero-order chi connectivity index (χ0) is 28.7. The highest BCUT2D eigenvalue weighted by Crippen LogP contribution is 2.50. The van der Waals surface area contributed by atoms with E-state index < -0.39 is 23.4 Å². The summed E-state index contributed by atoms with van der Waals surface area (Å²) in [6.07, 6.45) is -2.53. The number of rotatable bonds is 6. The predicted octanol–water partition coefficient (Wildman–Crippen LogP) is 6.98. The van der Waals surface area contributed by atoms with Gasteiger partial charge in [0.1, 0.15) is 0 Å². The number of halogens is 3. The summed E-state index contributed by atoms with van der Waals surface area (Å²) in [5.74, 6) is -0.949. The summed E-state index contributed by atoms with van der Waals surface area (Å²) in [6, 6.07) is 16.4. The van der Waals surface area contributed by atoms with Crippen molar-refractivity contribution in [1.29, 1.82) is 0 Å². The maximum atomic E-state index is 13.8. The number of nitrogens with zero attached hydrogens (tertiary/aromatic N) is 3. The number of allylic oxidation sites excluding steroid dienone is 1. The molecule has 0 amide bonds. The van der Waals surface area contributed by atoms with Crippen molar-refractivity contribution in [2.45, 2.75) is 65.0 Å². The molecular formula is C32H38F3N3O2. The molecule has 2 aromatic carbocycles. The van der Waals surface area contributed by atoms with Crippen LogP contribution in [0.25, 0.3) is 0 Å². The first-order chi connectivity index (χ1) is 18.9. The number of esters is 1. The van der Waals surface area contributed by atoms with Crippen LogP contribution in [-0.2, 0) is 21.4 Å². The molecule has 0 N–H and O–H groups in total. The van der Waals surface area contributed by atoms with Gasteiger partial charge in [-0.15, -0.1) is 0 Å². The molecule has 0 bridgehead atoms. The van der Waals surface area contributed by atoms with Crippen molar-refractivity contribution < 1.29 is 22.7 Å². The molecule has 214 valence electrons. The molecule has 0 aromatic heterocycles. The molecule has 1 spiro atoms. The Morgan fingerprint density at radius 3 is 2.30 bits per heavy atom. The van der Waals surface area contributed by atoms with Gasteiger partial charge in [0.15, 0.2) is 5.70 Å². The van der Waals surface area contributed by atoms with Gasteiger partial charge >= 0.3 is 12.1 Å². The number of benzene rings is 2. The zero-order valence-corrected chi connectivity index (χ0v) is 23.8. The van der Waals surface area contributed by atoms with Crippen molar-refractivity contribution in [3.05, 3.63) is 70.9 Å². The van der Waals surface area contributed by atoms with Crippen molar-refractivity contribution in [2.24, 2.45) is 10.4 Å². The van der Waals surface area contributed by atoms with Crippen molar-refractivity contribution in [3.63, 3.8) is 0 Å². The normalized spacial score (nSPS) is 19.3. The van der Waals surface area contributed by atoms with E-state index in [1.165, 1.54) is 5.56 Å². The van der Waals surface area contributed by atoms with Crippen molar-refractivity contribution >= 4 is 23.1 Å². The van der Waals surface area contributed by atoms with E-state index in [4.69, 9.17) is 4.74 Å². The number of carbonyl (C=O) groups excluding carboxylic acids is 1. The summed E-state index contributed by atoms with van der Waals surface area (Å²) in [5, 5.41) is 0. The molecule has 5 rings (SSSR count). The molecule has 3 heterocycles. The summed E-state index contributed by atoms with van der Waals surface area (Å²) in [5.41, 5.74) is 3.44. The Morgan fingerprint density at radius 1 is 1.00 bits per heavy atom. The van der Waals surface area contributed by atoms with E-state index in [9.17, 15) is 18.0 Å². The number of hydrogen-bond donors (Lipinski definition) is 0. The molecule has 0 atom stereocenters. The average molecular weight is 554 g/mol. The molecule has 1 fully saturated rings. The Labute approximate surface area is 234 Å². The van der Waals surface area contributed by atoms with Crippen LogP contribution in [-0.4, -0.2) is 55.5 Å². The minimum Gasteiger partial charge on any atom is -0.463 e. The van der Waals surface area contributed by atoms with Gasteiger partial charge in [-0.25, -0.2) is 4.79 Å². The first kappa shape index (κ1) is 28.4. The zero-order valence-electron chi connectivity index (χ0n) is 23.8. The number of aliphatic imine (C=N–C) groups is 1. The lowest BCUT2D eigenvalue weighted by Crippen LogP contribution is -2.46. The summed E-state index contributed by atoms with van der Waals surface area (Å²) < 4.78 is 46.2. The summed E-state index contributed by atoms with van der Waals surface area (Å²) in [6.45, 7) is 12.4. The Hall–Kier alpha value is -3.13. The van der Waals surface area contributed by atoms with Crippen LogP contribution in [0.4, 0.5) is 24.5 Å². The highest BCUT2D eigenvalue weighted by molar-refractivity contribution is 6.03. The highest BCUT2D eigenvalue weighted by Gasteiger charge is 2.46. The number of ether oxygens (including phenoxy) is 1. The number of piperidine rings is 1. The average Bonchev–Trinajstić information content (AvgIpc) is 3.46. The Balaban J connectivity index is 1.41. The quantitative estimate of drug-likeness (QED) is 0.362. The fourth-order valence-electron chi connectivity index (χ4n) is 6.50. The van der Waals surface area contributed by atoms with Gasteiger partial charge < -0.3 is 14.5 Å². The second-order valence-electron chi connectivity index (χ2n) is 12.4. The van der Waals surface area contributed by atoms with E-state index in [0.29, 0.717) is 5.71 Å². The Bertz CT molecular complexity index is 1330. The van der Waals surface area contributed by atoms with Crippen molar-refractivity contribution in [3.8, 4) is 0 Å². The lowest BCUT2D eigenvalue weighted by Gasteiger charge is -2.42. The van der Waals surface area contributed by atoms with Crippen LogP contribution in [0, 0.1) is 5.41 Å². The van der Waals surface area contributed by atoms with Crippen LogP contribution in [0.2, 0.25) is 0 Å². The van der Waals surface area contributed by atoms with E-state index in [2.05, 4.69) is 59.8 Å². The molecule has 1 saturated heterocycles. The first-order valence-electron chi connectivity index (χ1n) is 14.1. The third-order valence-corrected chi connectivity index (χ3v) is 8.14. The summed E-state index contributed by atoms with van der Waals surface area (Å²) >= 11 is 0. The number of alkyl halides is 3. The smallest absolute Gasteiger partial charge is 0.433 e. The van der Waals surface area contributed by atoms with Crippen LogP contribution in [0.3, 0.4) is 0 Å². The molecule has 3 aliphatic heterocycles. The minimum atomic E-state index is -4.72. The van der Waals surface area contributed by atoms with E-state index in [-0.39, 0.29) is 30.3 Å². The SMILES string of the molecule is CCOC(=O)C1=C(C(F)(F)F)N=C(Cc2ccccc2N2CC3(CCN(CC(C)(C)C)CC3)c3ccccc32)C1. The summed E-state index contributed by atoms with van der Waals surface area (Å²) in [4.78, 5) is 21.1. The second kappa shape index (κ2) is 10.7. The van der Waals surface area contributed by atoms with Crippen LogP contribution >= 0.6 is 0 Å².